The number of halogens is 1. The van der Waals surface area contributed by atoms with Crippen LogP contribution in [0.1, 0.15) is 23.2 Å². The van der Waals surface area contributed by atoms with E-state index in [2.05, 4.69) is 10.3 Å². The van der Waals surface area contributed by atoms with Gasteiger partial charge in [0.05, 0.1) is 12.2 Å². The van der Waals surface area contributed by atoms with Gasteiger partial charge in [-0.1, -0.05) is 18.2 Å². The first-order valence-corrected chi connectivity index (χ1v) is 7.56. The molecule has 0 atom stereocenters. The summed E-state index contributed by atoms with van der Waals surface area (Å²) in [6.07, 6.45) is 4.83. The first kappa shape index (κ1) is 15.2. The van der Waals surface area contributed by atoms with Crippen LogP contribution in [-0.4, -0.2) is 15.3 Å². The zero-order valence-corrected chi connectivity index (χ0v) is 12.9. The molecule has 2 aromatic heterocycles. The maximum atomic E-state index is 12.8. The van der Waals surface area contributed by atoms with Gasteiger partial charge in [0.1, 0.15) is 11.5 Å². The molecular weight excluding hydrogens is 293 g/mol. The number of amides is 1. The molecular formula is C18H18FN3O. The van der Waals surface area contributed by atoms with Crippen molar-refractivity contribution in [1.29, 1.82) is 0 Å². The minimum Gasteiger partial charge on any atom is -0.350 e. The van der Waals surface area contributed by atoms with Crippen molar-refractivity contribution in [1.82, 2.24) is 14.7 Å². The predicted molar refractivity (Wildman–Crippen MR) is 86.5 cm³/mol. The fourth-order valence-corrected chi connectivity index (χ4v) is 2.48. The van der Waals surface area contributed by atoms with E-state index in [-0.39, 0.29) is 11.7 Å². The Balaban J connectivity index is 1.53. The third-order valence-electron chi connectivity index (χ3n) is 3.75. The average molecular weight is 311 g/mol. The number of aryl methyl sites for hydroxylation is 2. The zero-order valence-electron chi connectivity index (χ0n) is 12.9. The van der Waals surface area contributed by atoms with E-state index in [0.717, 1.165) is 22.5 Å². The molecule has 0 spiro atoms. The second kappa shape index (κ2) is 6.60. The van der Waals surface area contributed by atoms with Crippen molar-refractivity contribution in [2.75, 3.05) is 0 Å². The van der Waals surface area contributed by atoms with Crippen LogP contribution >= 0.6 is 0 Å². The van der Waals surface area contributed by atoms with Gasteiger partial charge in [-0.3, -0.25) is 4.79 Å². The number of hydrogen-bond acceptors (Lipinski definition) is 2. The van der Waals surface area contributed by atoms with Crippen LogP contribution in [-0.2, 0) is 17.8 Å². The van der Waals surface area contributed by atoms with Crippen molar-refractivity contribution in [3.8, 4) is 0 Å². The van der Waals surface area contributed by atoms with Crippen LogP contribution in [0.25, 0.3) is 5.65 Å². The van der Waals surface area contributed by atoms with Gasteiger partial charge in [-0.15, -0.1) is 0 Å². The number of imidazole rings is 1. The molecule has 0 bridgehead atoms. The van der Waals surface area contributed by atoms with E-state index in [0.29, 0.717) is 19.4 Å². The molecule has 0 unspecified atom stereocenters. The molecule has 118 valence electrons. The number of carbonyl (C=O) groups excluding carboxylic acids is 1. The van der Waals surface area contributed by atoms with Gasteiger partial charge < -0.3 is 9.72 Å². The highest BCUT2D eigenvalue weighted by molar-refractivity contribution is 5.76. The van der Waals surface area contributed by atoms with E-state index in [1.165, 1.54) is 12.1 Å². The van der Waals surface area contributed by atoms with Gasteiger partial charge in [0, 0.05) is 18.8 Å². The fourth-order valence-electron chi connectivity index (χ4n) is 2.48. The first-order chi connectivity index (χ1) is 11.1. The largest absolute Gasteiger partial charge is 0.350 e. The van der Waals surface area contributed by atoms with E-state index in [1.807, 2.05) is 35.9 Å². The summed E-state index contributed by atoms with van der Waals surface area (Å²) >= 11 is 0. The summed E-state index contributed by atoms with van der Waals surface area (Å²) < 4.78 is 14.8. The highest BCUT2D eigenvalue weighted by Gasteiger charge is 2.06. The van der Waals surface area contributed by atoms with Crippen molar-refractivity contribution in [3.63, 3.8) is 0 Å². The smallest absolute Gasteiger partial charge is 0.220 e. The molecule has 2 heterocycles. The molecule has 0 aliphatic carbocycles. The lowest BCUT2D eigenvalue weighted by Crippen LogP contribution is -2.23. The maximum Gasteiger partial charge on any atom is 0.220 e. The molecule has 1 aromatic carbocycles. The second-order valence-electron chi connectivity index (χ2n) is 5.56. The van der Waals surface area contributed by atoms with Gasteiger partial charge >= 0.3 is 0 Å². The van der Waals surface area contributed by atoms with Gasteiger partial charge in [0.25, 0.3) is 0 Å². The van der Waals surface area contributed by atoms with Crippen LogP contribution in [0.4, 0.5) is 4.39 Å². The van der Waals surface area contributed by atoms with Crippen molar-refractivity contribution >= 4 is 11.6 Å². The molecule has 0 aliphatic rings. The number of rotatable bonds is 5. The number of pyridine rings is 1. The lowest BCUT2D eigenvalue weighted by Gasteiger charge is -2.03. The van der Waals surface area contributed by atoms with Gasteiger partial charge in [0.2, 0.25) is 5.91 Å². The Hall–Kier alpha value is -2.69. The van der Waals surface area contributed by atoms with Crippen molar-refractivity contribution < 1.29 is 9.18 Å². The lowest BCUT2D eigenvalue weighted by molar-refractivity contribution is -0.121. The van der Waals surface area contributed by atoms with E-state index < -0.39 is 0 Å². The number of nitrogens with one attached hydrogen (secondary N) is 1. The van der Waals surface area contributed by atoms with Crippen LogP contribution < -0.4 is 5.32 Å². The molecule has 1 amide bonds. The minimum absolute atomic E-state index is 0.0388. The van der Waals surface area contributed by atoms with Gasteiger partial charge in [-0.2, -0.15) is 0 Å². The van der Waals surface area contributed by atoms with Crippen LogP contribution in [0.2, 0.25) is 0 Å². The molecule has 23 heavy (non-hydrogen) atoms. The number of benzene rings is 1. The van der Waals surface area contributed by atoms with Crippen molar-refractivity contribution in [2.24, 2.45) is 0 Å². The summed E-state index contributed by atoms with van der Waals surface area (Å²) in [5, 5.41) is 2.87. The topological polar surface area (TPSA) is 46.4 Å². The fraction of sp³-hybridized carbons (Fsp3) is 0.222. The van der Waals surface area contributed by atoms with E-state index in [4.69, 9.17) is 0 Å². The first-order valence-electron chi connectivity index (χ1n) is 7.56. The normalized spacial score (nSPS) is 10.9. The molecule has 0 aliphatic heterocycles. The van der Waals surface area contributed by atoms with Gasteiger partial charge in [-0.25, -0.2) is 9.37 Å². The lowest BCUT2D eigenvalue weighted by atomic mass is 10.1. The van der Waals surface area contributed by atoms with Crippen molar-refractivity contribution in [2.45, 2.75) is 26.3 Å². The Labute approximate surface area is 134 Å². The SMILES string of the molecule is Cc1cccn2cc(CNC(=O)CCc3ccc(F)cc3)nc12. The molecule has 0 saturated heterocycles. The van der Waals surface area contributed by atoms with E-state index in [9.17, 15) is 9.18 Å². The Kier molecular flexibility index (Phi) is 4.37. The van der Waals surface area contributed by atoms with Crippen LogP contribution in [0.15, 0.2) is 48.8 Å². The molecule has 3 aromatic rings. The van der Waals surface area contributed by atoms with Gasteiger partial charge in [0.15, 0.2) is 0 Å². The summed E-state index contributed by atoms with van der Waals surface area (Å²) in [6, 6.07) is 10.2. The highest BCUT2D eigenvalue weighted by atomic mass is 19.1. The van der Waals surface area contributed by atoms with Crippen LogP contribution in [0.3, 0.4) is 0 Å². The quantitative estimate of drug-likeness (QED) is 0.787. The molecule has 0 saturated carbocycles. The third kappa shape index (κ3) is 3.74. The summed E-state index contributed by atoms with van der Waals surface area (Å²) in [4.78, 5) is 16.4. The van der Waals surface area contributed by atoms with Crippen molar-refractivity contribution in [3.05, 3.63) is 71.4 Å². The van der Waals surface area contributed by atoms with E-state index >= 15 is 0 Å². The monoisotopic (exact) mass is 311 g/mol. The standard InChI is InChI=1S/C18H18FN3O/c1-13-3-2-10-22-12-16(21-18(13)22)11-20-17(23)9-6-14-4-7-15(19)8-5-14/h2-5,7-8,10,12H,6,9,11H2,1H3,(H,20,23). The van der Waals surface area contributed by atoms with Crippen LogP contribution in [0, 0.1) is 12.7 Å². The second-order valence-corrected chi connectivity index (χ2v) is 5.56. The number of hydrogen-bond donors (Lipinski definition) is 1. The summed E-state index contributed by atoms with van der Waals surface area (Å²) in [6.45, 7) is 2.41. The zero-order chi connectivity index (χ0) is 16.2. The van der Waals surface area contributed by atoms with E-state index in [1.54, 1.807) is 12.1 Å². The predicted octanol–water partition coefficient (Wildman–Crippen LogP) is 3.03. The van der Waals surface area contributed by atoms with Crippen LogP contribution in [0.5, 0.6) is 0 Å². The molecule has 3 rings (SSSR count). The Morgan fingerprint density at radius 2 is 2.04 bits per heavy atom. The Bertz CT molecular complexity index is 824. The summed E-state index contributed by atoms with van der Waals surface area (Å²) in [5.74, 6) is -0.302. The highest BCUT2D eigenvalue weighted by Crippen LogP contribution is 2.10. The molecule has 0 radical (unpaired) electrons. The number of aromatic nitrogens is 2. The summed E-state index contributed by atoms with van der Waals surface area (Å²) in [7, 11) is 0. The molecule has 5 heteroatoms. The minimum atomic E-state index is -0.264. The summed E-state index contributed by atoms with van der Waals surface area (Å²) in [5.41, 5.74) is 3.78. The molecule has 1 N–H and O–H groups in total. The third-order valence-corrected chi connectivity index (χ3v) is 3.75. The Morgan fingerprint density at radius 3 is 2.78 bits per heavy atom. The average Bonchev–Trinajstić information content (AvgIpc) is 2.97. The number of nitrogens with zero attached hydrogens (tertiary/aromatic N) is 2. The maximum absolute atomic E-state index is 12.8. The van der Waals surface area contributed by atoms with Gasteiger partial charge in [-0.05, 0) is 42.7 Å². The number of carbonyl (C=O) groups is 1. The molecule has 0 fully saturated rings. The molecule has 4 nitrogen and oxygen atoms in total. The number of fused-ring (bicyclic) bond motifs is 1. The Morgan fingerprint density at radius 1 is 1.26 bits per heavy atom.